The number of hydrogen-bond acceptors (Lipinski definition) is 3. The van der Waals surface area contributed by atoms with Crippen LogP contribution in [0.25, 0.3) is 11.2 Å². The fourth-order valence-electron chi connectivity index (χ4n) is 3.95. The molecule has 4 atom stereocenters. The van der Waals surface area contributed by atoms with Gasteiger partial charge in [-0.1, -0.05) is 6.92 Å². The van der Waals surface area contributed by atoms with Crippen LogP contribution in [0.1, 0.15) is 56.0 Å². The number of aromatic nitrogens is 4. The highest BCUT2D eigenvalue weighted by molar-refractivity contribution is 6.20. The molecule has 0 saturated carbocycles. The fraction of sp³-hybridized carbons (Fsp3) is 0.733. The molecule has 0 aliphatic carbocycles. The first kappa shape index (κ1) is 13.6. The van der Waals surface area contributed by atoms with Gasteiger partial charge in [0.1, 0.15) is 11.3 Å². The van der Waals surface area contributed by atoms with Crippen LogP contribution in [0.15, 0.2) is 0 Å². The predicted molar refractivity (Wildman–Crippen MR) is 81.7 cm³/mol. The van der Waals surface area contributed by atoms with Crippen molar-refractivity contribution in [3.05, 3.63) is 11.5 Å². The molecule has 0 aromatic carbocycles. The Kier molecular flexibility index (Phi) is 3.05. The molecule has 0 radical (unpaired) electrons. The van der Waals surface area contributed by atoms with Gasteiger partial charge in [0.15, 0.2) is 5.65 Å². The number of halogens is 1. The van der Waals surface area contributed by atoms with E-state index < -0.39 is 0 Å². The summed E-state index contributed by atoms with van der Waals surface area (Å²) >= 11 is 6.41. The molecule has 2 aliphatic rings. The number of hydrogen-bond donors (Lipinski definition) is 0. The van der Waals surface area contributed by atoms with Crippen molar-refractivity contribution in [3.8, 4) is 0 Å². The average molecular weight is 309 g/mol. The lowest BCUT2D eigenvalue weighted by Crippen LogP contribution is -2.24. The molecule has 4 rings (SSSR count). The normalized spacial score (nSPS) is 29.6. The minimum absolute atomic E-state index is 0.110. The Hall–Kier alpha value is -1.07. The lowest BCUT2D eigenvalue weighted by molar-refractivity contribution is 0.0938. The highest BCUT2D eigenvalue weighted by Gasteiger charge is 2.43. The van der Waals surface area contributed by atoms with E-state index in [2.05, 4.69) is 16.6 Å². The Labute approximate surface area is 129 Å². The third kappa shape index (κ3) is 1.87. The third-order valence-electron chi connectivity index (χ3n) is 4.86. The minimum atomic E-state index is -0.110. The van der Waals surface area contributed by atoms with Crippen LogP contribution in [0.2, 0.25) is 0 Å². The van der Waals surface area contributed by atoms with Crippen LogP contribution in [0.4, 0.5) is 0 Å². The summed E-state index contributed by atoms with van der Waals surface area (Å²) in [4.78, 5) is 4.82. The van der Waals surface area contributed by atoms with Crippen molar-refractivity contribution in [2.45, 2.75) is 63.2 Å². The molecule has 2 aromatic heterocycles. The van der Waals surface area contributed by atoms with Crippen LogP contribution >= 0.6 is 11.6 Å². The smallest absolute Gasteiger partial charge is 0.159 e. The SMILES string of the molecule is CCc1nn(C)c2c1nc(C(C)Cl)n2C1CC2CCC1O2. The van der Waals surface area contributed by atoms with Gasteiger partial charge in [-0.2, -0.15) is 5.10 Å². The molecule has 2 aliphatic heterocycles. The average Bonchev–Trinajstić information content (AvgIpc) is 3.18. The van der Waals surface area contributed by atoms with E-state index in [0.717, 1.165) is 41.9 Å². The van der Waals surface area contributed by atoms with Gasteiger partial charge >= 0.3 is 0 Å². The van der Waals surface area contributed by atoms with Crippen LogP contribution in [0.3, 0.4) is 0 Å². The highest BCUT2D eigenvalue weighted by Crippen LogP contribution is 2.44. The number of alkyl halides is 1. The maximum atomic E-state index is 6.41. The maximum Gasteiger partial charge on any atom is 0.159 e. The molecule has 2 fully saturated rings. The van der Waals surface area contributed by atoms with Gasteiger partial charge in [-0.15, -0.1) is 11.6 Å². The second-order valence-corrected chi connectivity index (χ2v) is 6.88. The Morgan fingerprint density at radius 1 is 1.43 bits per heavy atom. The molecule has 0 spiro atoms. The topological polar surface area (TPSA) is 44.9 Å². The zero-order chi connectivity index (χ0) is 14.7. The van der Waals surface area contributed by atoms with Crippen LogP contribution in [0, 0.1) is 0 Å². The van der Waals surface area contributed by atoms with Crippen LogP contribution in [0.5, 0.6) is 0 Å². The van der Waals surface area contributed by atoms with Crippen LogP contribution < -0.4 is 0 Å². The Balaban J connectivity index is 1.93. The molecule has 2 saturated heterocycles. The summed E-state index contributed by atoms with van der Waals surface area (Å²) in [5.74, 6) is 0.954. The second-order valence-electron chi connectivity index (χ2n) is 6.23. The summed E-state index contributed by atoms with van der Waals surface area (Å²) in [6.07, 6.45) is 5.01. The van der Waals surface area contributed by atoms with E-state index in [1.54, 1.807) is 0 Å². The summed E-state index contributed by atoms with van der Waals surface area (Å²) in [6.45, 7) is 4.11. The highest BCUT2D eigenvalue weighted by atomic mass is 35.5. The second kappa shape index (κ2) is 4.71. The molecule has 0 N–H and O–H groups in total. The van der Waals surface area contributed by atoms with Crippen molar-refractivity contribution in [1.29, 1.82) is 0 Å². The van der Waals surface area contributed by atoms with Gasteiger partial charge in [-0.05, 0) is 32.6 Å². The standard InChI is InChI=1S/C15H21ClN4O/c1-4-10-13-15(19(3)18-10)20(14(17-13)8(2)16)11-7-9-5-6-12(11)21-9/h8-9,11-12H,4-7H2,1-3H3. The molecule has 21 heavy (non-hydrogen) atoms. The van der Waals surface area contributed by atoms with E-state index in [1.165, 1.54) is 6.42 Å². The first-order chi connectivity index (χ1) is 10.1. The molecule has 2 aromatic rings. The Morgan fingerprint density at radius 2 is 2.24 bits per heavy atom. The van der Waals surface area contributed by atoms with Gasteiger partial charge in [0.25, 0.3) is 0 Å². The van der Waals surface area contributed by atoms with E-state index in [-0.39, 0.29) is 5.38 Å². The quantitative estimate of drug-likeness (QED) is 0.818. The first-order valence-electron chi connectivity index (χ1n) is 7.83. The summed E-state index contributed by atoms with van der Waals surface area (Å²) < 4.78 is 10.3. The maximum absolute atomic E-state index is 6.41. The van der Waals surface area contributed by atoms with E-state index in [1.807, 2.05) is 18.7 Å². The van der Waals surface area contributed by atoms with Crippen LogP contribution in [-0.4, -0.2) is 31.5 Å². The minimum Gasteiger partial charge on any atom is -0.373 e. The van der Waals surface area contributed by atoms with Gasteiger partial charge < -0.3 is 9.30 Å². The molecular formula is C15H21ClN4O. The van der Waals surface area contributed by atoms with Crippen molar-refractivity contribution >= 4 is 22.8 Å². The van der Waals surface area contributed by atoms with Crippen molar-refractivity contribution in [1.82, 2.24) is 19.3 Å². The molecule has 114 valence electrons. The summed E-state index contributed by atoms with van der Waals surface area (Å²) in [7, 11) is 2.00. The van der Waals surface area contributed by atoms with Gasteiger partial charge in [0.05, 0.1) is 29.3 Å². The molecule has 0 amide bonds. The van der Waals surface area contributed by atoms with E-state index in [0.29, 0.717) is 18.2 Å². The van der Waals surface area contributed by atoms with E-state index in [4.69, 9.17) is 21.3 Å². The summed E-state index contributed by atoms with van der Waals surface area (Å²) in [6, 6.07) is 0.352. The zero-order valence-electron chi connectivity index (χ0n) is 12.7. The molecular weight excluding hydrogens is 288 g/mol. The van der Waals surface area contributed by atoms with Crippen molar-refractivity contribution in [3.63, 3.8) is 0 Å². The van der Waals surface area contributed by atoms with Gasteiger partial charge in [0.2, 0.25) is 0 Å². The Morgan fingerprint density at radius 3 is 2.81 bits per heavy atom. The van der Waals surface area contributed by atoms with Crippen molar-refractivity contribution in [2.24, 2.45) is 7.05 Å². The molecule has 6 heteroatoms. The number of imidazole rings is 1. The lowest BCUT2D eigenvalue weighted by Gasteiger charge is -2.23. The van der Waals surface area contributed by atoms with Crippen molar-refractivity contribution in [2.75, 3.05) is 0 Å². The number of aryl methyl sites for hydroxylation is 2. The van der Waals surface area contributed by atoms with E-state index in [9.17, 15) is 0 Å². The monoisotopic (exact) mass is 308 g/mol. The third-order valence-corrected chi connectivity index (χ3v) is 5.06. The predicted octanol–water partition coefficient (Wildman–Crippen LogP) is 3.12. The number of nitrogens with zero attached hydrogens (tertiary/aromatic N) is 4. The van der Waals surface area contributed by atoms with Crippen molar-refractivity contribution < 1.29 is 4.74 Å². The zero-order valence-corrected chi connectivity index (χ0v) is 13.5. The molecule has 2 bridgehead atoms. The number of ether oxygens (including phenoxy) is 1. The largest absolute Gasteiger partial charge is 0.373 e. The fourth-order valence-corrected chi connectivity index (χ4v) is 4.10. The van der Waals surface area contributed by atoms with Gasteiger partial charge in [-0.3, -0.25) is 4.68 Å². The summed E-state index contributed by atoms with van der Waals surface area (Å²) in [5.41, 5.74) is 3.15. The summed E-state index contributed by atoms with van der Waals surface area (Å²) in [5, 5.41) is 4.50. The number of rotatable bonds is 3. The molecule has 4 unspecified atom stereocenters. The van der Waals surface area contributed by atoms with Gasteiger partial charge in [-0.25, -0.2) is 4.98 Å². The van der Waals surface area contributed by atoms with Crippen LogP contribution in [-0.2, 0) is 18.2 Å². The Bertz CT molecular complexity index is 689. The lowest BCUT2D eigenvalue weighted by atomic mass is 9.95. The van der Waals surface area contributed by atoms with E-state index >= 15 is 0 Å². The molecule has 4 heterocycles. The first-order valence-corrected chi connectivity index (χ1v) is 8.27. The number of fused-ring (bicyclic) bond motifs is 3. The van der Waals surface area contributed by atoms with Gasteiger partial charge in [0, 0.05) is 7.05 Å². The molecule has 5 nitrogen and oxygen atoms in total.